The normalized spacial score (nSPS) is 11.4. The molecular formula is C13H10N3O8S-. The van der Waals surface area contributed by atoms with Crippen molar-refractivity contribution >= 4 is 27.9 Å². The molecule has 2 rings (SSSR count). The summed E-state index contributed by atoms with van der Waals surface area (Å²) >= 11 is 0. The molecule has 132 valence electrons. The van der Waals surface area contributed by atoms with Gasteiger partial charge in [-0.3, -0.25) is 14.9 Å². The van der Waals surface area contributed by atoms with Gasteiger partial charge in [-0.05, 0) is 18.2 Å². The number of carbonyl (C=O) groups is 1. The number of nitrogens with zero attached hydrogens (tertiary/aromatic N) is 2. The minimum atomic E-state index is -4.71. The number of hydrogen-bond acceptors (Lipinski definition) is 9. The molecule has 0 aliphatic rings. The third kappa shape index (κ3) is 5.12. The van der Waals surface area contributed by atoms with Gasteiger partial charge in [-0.15, -0.1) is 0 Å². The van der Waals surface area contributed by atoms with E-state index in [0.29, 0.717) is 0 Å². The fraction of sp³-hybridized carbons (Fsp3) is 0.0769. The second-order valence-electron chi connectivity index (χ2n) is 4.42. The molecule has 0 aliphatic heterocycles. The maximum atomic E-state index is 11.6. The molecule has 2 aromatic rings. The maximum absolute atomic E-state index is 11.6. The molecule has 1 aromatic carbocycles. The van der Waals surface area contributed by atoms with Gasteiger partial charge in [-0.1, -0.05) is 12.1 Å². The summed E-state index contributed by atoms with van der Waals surface area (Å²) in [7, 11) is -4.71. The van der Waals surface area contributed by atoms with Gasteiger partial charge in [0.1, 0.15) is 5.76 Å². The van der Waals surface area contributed by atoms with Gasteiger partial charge in [0.25, 0.3) is 5.91 Å². The maximum Gasteiger partial charge on any atom is 0.310 e. The number of furan rings is 1. The number of nitro benzene ring substituents is 1. The van der Waals surface area contributed by atoms with E-state index in [2.05, 4.69) is 5.10 Å². The first-order chi connectivity index (χ1) is 11.8. The Morgan fingerprint density at radius 2 is 2.04 bits per heavy atom. The topological polar surface area (TPSA) is 164 Å². The van der Waals surface area contributed by atoms with Crippen LogP contribution in [0.15, 0.2) is 51.0 Å². The Labute approximate surface area is 140 Å². The number of nitrogens with one attached hydrogen (secondary N) is 1. The van der Waals surface area contributed by atoms with Gasteiger partial charge in [0.05, 0.1) is 11.1 Å². The van der Waals surface area contributed by atoms with Gasteiger partial charge in [0.2, 0.25) is 5.09 Å². The van der Waals surface area contributed by atoms with Crippen molar-refractivity contribution in [1.82, 2.24) is 5.43 Å². The lowest BCUT2D eigenvalue weighted by atomic mass is 10.3. The van der Waals surface area contributed by atoms with Crippen molar-refractivity contribution < 1.29 is 31.8 Å². The third-order valence-corrected chi connectivity index (χ3v) is 3.36. The molecule has 0 fully saturated rings. The molecule has 11 nitrogen and oxygen atoms in total. The Bertz CT molecular complexity index is 919. The minimum Gasteiger partial charge on any atom is -0.742 e. The zero-order valence-electron chi connectivity index (χ0n) is 12.3. The van der Waals surface area contributed by atoms with Crippen LogP contribution in [0.5, 0.6) is 5.75 Å². The highest BCUT2D eigenvalue weighted by Crippen LogP contribution is 2.25. The summed E-state index contributed by atoms with van der Waals surface area (Å²) in [4.78, 5) is 21.7. The highest BCUT2D eigenvalue weighted by atomic mass is 32.2. The fourth-order valence-electron chi connectivity index (χ4n) is 1.61. The molecule has 0 saturated carbocycles. The summed E-state index contributed by atoms with van der Waals surface area (Å²) in [5.74, 6) is -0.880. The SMILES string of the molecule is O=C(COc1ccccc1[N+](=O)[O-])N/N=C/c1ccc(S(=O)(=O)[O-])o1. The molecule has 1 amide bonds. The van der Waals surface area contributed by atoms with E-state index in [4.69, 9.17) is 9.15 Å². The van der Waals surface area contributed by atoms with Crippen LogP contribution in [-0.2, 0) is 14.9 Å². The quantitative estimate of drug-likeness (QED) is 0.321. The number of hydrogen-bond donors (Lipinski definition) is 1. The molecule has 1 heterocycles. The van der Waals surface area contributed by atoms with E-state index in [0.717, 1.165) is 12.3 Å². The van der Waals surface area contributed by atoms with E-state index in [-0.39, 0.29) is 17.2 Å². The van der Waals surface area contributed by atoms with Crippen molar-refractivity contribution in [1.29, 1.82) is 0 Å². The van der Waals surface area contributed by atoms with Crippen molar-refractivity contribution in [2.24, 2.45) is 5.10 Å². The summed E-state index contributed by atoms with van der Waals surface area (Å²) < 4.78 is 41.8. The summed E-state index contributed by atoms with van der Waals surface area (Å²) in [6.45, 7) is -0.541. The monoisotopic (exact) mass is 368 g/mol. The Hall–Kier alpha value is -3.25. The molecule has 12 heteroatoms. The van der Waals surface area contributed by atoms with E-state index in [1.807, 2.05) is 5.43 Å². The second-order valence-corrected chi connectivity index (χ2v) is 5.73. The van der Waals surface area contributed by atoms with Gasteiger partial charge < -0.3 is 13.7 Å². The van der Waals surface area contributed by atoms with Crippen LogP contribution in [0.25, 0.3) is 0 Å². The minimum absolute atomic E-state index is 0.0747. The van der Waals surface area contributed by atoms with Crippen molar-refractivity contribution in [3.8, 4) is 5.75 Å². The summed E-state index contributed by atoms with van der Waals surface area (Å²) in [5.41, 5.74) is 1.76. The molecule has 0 aliphatic carbocycles. The Kier molecular flexibility index (Phi) is 5.46. The van der Waals surface area contributed by atoms with Gasteiger partial charge in [0, 0.05) is 6.07 Å². The summed E-state index contributed by atoms with van der Waals surface area (Å²) in [5, 5.41) is 13.5. The van der Waals surface area contributed by atoms with Crippen LogP contribution in [0.1, 0.15) is 5.76 Å². The van der Waals surface area contributed by atoms with Crippen molar-refractivity contribution in [2.75, 3.05) is 6.61 Å². The Morgan fingerprint density at radius 1 is 1.32 bits per heavy atom. The molecular weight excluding hydrogens is 358 g/mol. The van der Waals surface area contributed by atoms with Crippen LogP contribution in [0.4, 0.5) is 5.69 Å². The standard InChI is InChI=1S/C13H11N3O8S/c17-12(8-23-11-4-2-1-3-10(11)16(18)19)15-14-7-9-5-6-13(24-9)25(20,21)22/h1-7H,8H2,(H,15,17)(H,20,21,22)/p-1/b14-7+. The number of amides is 1. The third-order valence-electron chi connectivity index (χ3n) is 2.65. The molecule has 25 heavy (non-hydrogen) atoms. The van der Waals surface area contributed by atoms with E-state index in [9.17, 15) is 27.9 Å². The van der Waals surface area contributed by atoms with Gasteiger partial charge in [-0.25, -0.2) is 13.8 Å². The Balaban J connectivity index is 1.89. The number of benzene rings is 1. The number of ether oxygens (including phenoxy) is 1. The van der Waals surface area contributed by atoms with Gasteiger partial charge in [-0.2, -0.15) is 5.10 Å². The summed E-state index contributed by atoms with van der Waals surface area (Å²) in [6, 6.07) is 7.64. The highest BCUT2D eigenvalue weighted by Gasteiger charge is 2.14. The number of hydrazone groups is 1. The predicted octanol–water partition coefficient (Wildman–Crippen LogP) is 0.621. The van der Waals surface area contributed by atoms with Crippen molar-refractivity contribution in [3.05, 3.63) is 52.3 Å². The number of carbonyl (C=O) groups excluding carboxylic acids is 1. The van der Waals surface area contributed by atoms with Crippen LogP contribution >= 0.6 is 0 Å². The molecule has 0 unspecified atom stereocenters. The van der Waals surface area contributed by atoms with Crippen molar-refractivity contribution in [3.63, 3.8) is 0 Å². The lowest BCUT2D eigenvalue weighted by Gasteiger charge is -2.05. The predicted molar refractivity (Wildman–Crippen MR) is 81.0 cm³/mol. The zero-order chi connectivity index (χ0) is 18.4. The lowest BCUT2D eigenvalue weighted by molar-refractivity contribution is -0.385. The average Bonchev–Trinajstić information content (AvgIpc) is 3.02. The molecule has 0 atom stereocenters. The smallest absolute Gasteiger partial charge is 0.310 e. The van der Waals surface area contributed by atoms with Crippen LogP contribution in [0, 0.1) is 10.1 Å². The molecule has 0 bridgehead atoms. The van der Waals surface area contributed by atoms with E-state index in [1.54, 1.807) is 0 Å². The Morgan fingerprint density at radius 3 is 2.68 bits per heavy atom. The van der Waals surface area contributed by atoms with Crippen LogP contribution in [0.3, 0.4) is 0 Å². The van der Waals surface area contributed by atoms with E-state index in [1.165, 1.54) is 30.3 Å². The van der Waals surface area contributed by atoms with Gasteiger partial charge in [0.15, 0.2) is 22.5 Å². The molecule has 1 aromatic heterocycles. The fourth-order valence-corrected chi connectivity index (χ4v) is 2.04. The first kappa shape index (κ1) is 18.1. The van der Waals surface area contributed by atoms with Crippen molar-refractivity contribution in [2.45, 2.75) is 5.09 Å². The number of nitro groups is 1. The van der Waals surface area contributed by atoms with Crippen LogP contribution in [-0.4, -0.2) is 36.6 Å². The van der Waals surface area contributed by atoms with Crippen LogP contribution < -0.4 is 10.2 Å². The van der Waals surface area contributed by atoms with E-state index >= 15 is 0 Å². The van der Waals surface area contributed by atoms with Gasteiger partial charge >= 0.3 is 5.69 Å². The zero-order valence-corrected chi connectivity index (χ0v) is 13.1. The highest BCUT2D eigenvalue weighted by molar-refractivity contribution is 7.85. The molecule has 1 N–H and O–H groups in total. The van der Waals surface area contributed by atoms with Crippen LogP contribution in [0.2, 0.25) is 0 Å². The van der Waals surface area contributed by atoms with E-state index < -0.39 is 32.6 Å². The molecule has 0 radical (unpaired) electrons. The lowest BCUT2D eigenvalue weighted by Crippen LogP contribution is -2.24. The summed E-state index contributed by atoms with van der Waals surface area (Å²) in [6.07, 6.45) is 0.970. The number of rotatable bonds is 7. The first-order valence-electron chi connectivity index (χ1n) is 6.51. The number of para-hydroxylation sites is 2. The molecule has 0 spiro atoms. The average molecular weight is 368 g/mol. The second kappa shape index (κ2) is 7.55. The first-order valence-corrected chi connectivity index (χ1v) is 7.92. The largest absolute Gasteiger partial charge is 0.742 e. The molecule has 0 saturated heterocycles.